The van der Waals surface area contributed by atoms with Gasteiger partial charge < -0.3 is 10.6 Å². The molecule has 1 atom stereocenters. The van der Waals surface area contributed by atoms with Gasteiger partial charge in [-0.15, -0.1) is 0 Å². The van der Waals surface area contributed by atoms with E-state index in [1.165, 1.54) is 124 Å². The zero-order valence-corrected chi connectivity index (χ0v) is 38.9. The van der Waals surface area contributed by atoms with Gasteiger partial charge in [-0.1, -0.05) is 162 Å². The van der Waals surface area contributed by atoms with Crippen LogP contribution in [0.4, 0.5) is 11.4 Å². The molecule has 8 aromatic carbocycles. The molecule has 2 nitrogen and oxygen atoms in total. The quantitative estimate of drug-likeness (QED) is 0.159. The summed E-state index contributed by atoms with van der Waals surface area (Å²) in [5.74, 6) is 0. The summed E-state index contributed by atoms with van der Waals surface area (Å²) in [6.45, 7) is 17.9. The Kier molecular flexibility index (Phi) is 9.46. The maximum atomic E-state index is 4.34. The van der Waals surface area contributed by atoms with Crippen molar-refractivity contribution in [3.8, 4) is 44.5 Å². The van der Waals surface area contributed by atoms with Crippen molar-refractivity contribution in [2.24, 2.45) is 0 Å². The van der Waals surface area contributed by atoms with Crippen LogP contribution in [0.15, 0.2) is 146 Å². The fourth-order valence-corrected chi connectivity index (χ4v) is 12.1. The van der Waals surface area contributed by atoms with Crippen LogP contribution in [0, 0.1) is 13.8 Å². The highest BCUT2D eigenvalue weighted by atomic mass is 14.9. The van der Waals surface area contributed by atoms with Crippen molar-refractivity contribution < 1.29 is 0 Å². The van der Waals surface area contributed by atoms with Crippen LogP contribution in [-0.2, 0) is 35.6 Å². The van der Waals surface area contributed by atoms with Gasteiger partial charge in [0.05, 0.1) is 5.69 Å². The third-order valence-electron chi connectivity index (χ3n) is 15.7. The lowest BCUT2D eigenvalue weighted by Gasteiger charge is -2.49. The van der Waals surface area contributed by atoms with E-state index >= 15 is 0 Å². The lowest BCUT2D eigenvalue weighted by Crippen LogP contribution is -2.41. The van der Waals surface area contributed by atoms with E-state index in [1.54, 1.807) is 5.56 Å². The number of benzene rings is 8. The molecule has 0 fully saturated rings. The maximum absolute atomic E-state index is 4.34. The van der Waals surface area contributed by atoms with Gasteiger partial charge in [0.15, 0.2) is 0 Å². The Morgan fingerprint density at radius 3 is 2.03 bits per heavy atom. The molecule has 2 heteroatoms. The molecule has 0 radical (unpaired) electrons. The van der Waals surface area contributed by atoms with Gasteiger partial charge in [0.1, 0.15) is 0 Å². The normalized spacial score (nSPS) is 17.6. The SMILES string of the molecule is CNCc1ccc(Nc2c3c(cc(-c4cccc(-c5c(C)ccc6ccccc56)c4C)c2C2(C)Cc4cc5c(cc42)C(C)(C)CCC5(C)C)Cc2ccccc2-3)c(-c2ccccc2)c1. The van der Waals surface area contributed by atoms with E-state index in [-0.39, 0.29) is 16.2 Å². The van der Waals surface area contributed by atoms with Crippen LogP contribution in [0.2, 0.25) is 0 Å². The first-order valence-corrected chi connectivity index (χ1v) is 23.5. The highest BCUT2D eigenvalue weighted by Crippen LogP contribution is 2.59. The highest BCUT2D eigenvalue weighted by molar-refractivity contribution is 6.02. The summed E-state index contributed by atoms with van der Waals surface area (Å²) in [6, 6.07) is 55.5. The second-order valence-electron chi connectivity index (χ2n) is 20.7. The van der Waals surface area contributed by atoms with E-state index in [9.17, 15) is 0 Å². The number of aryl methyl sites for hydroxylation is 1. The van der Waals surface area contributed by atoms with Crippen molar-refractivity contribution in [1.29, 1.82) is 0 Å². The second kappa shape index (κ2) is 14.9. The average Bonchev–Trinajstić information content (AvgIpc) is 3.67. The molecule has 0 bridgehead atoms. The molecule has 11 rings (SSSR count). The zero-order chi connectivity index (χ0) is 44.1. The molecule has 0 saturated heterocycles. The number of hydrogen-bond donors (Lipinski definition) is 2. The molecule has 1 unspecified atom stereocenters. The smallest absolute Gasteiger partial charge is 0.0515 e. The van der Waals surface area contributed by atoms with E-state index in [2.05, 4.69) is 205 Å². The van der Waals surface area contributed by atoms with Gasteiger partial charge in [-0.2, -0.15) is 0 Å². The van der Waals surface area contributed by atoms with Crippen molar-refractivity contribution in [2.45, 2.75) is 96.9 Å². The predicted octanol–water partition coefficient (Wildman–Crippen LogP) is 15.7. The summed E-state index contributed by atoms with van der Waals surface area (Å²) in [7, 11) is 2.03. The molecular formula is C62H60N2. The van der Waals surface area contributed by atoms with Crippen molar-refractivity contribution in [2.75, 3.05) is 12.4 Å². The number of anilines is 2. The fraction of sp³-hybridized carbons (Fsp3) is 0.258. The van der Waals surface area contributed by atoms with Gasteiger partial charge in [0, 0.05) is 28.8 Å². The Labute approximate surface area is 380 Å². The highest BCUT2D eigenvalue weighted by Gasteiger charge is 2.48. The predicted molar refractivity (Wildman–Crippen MR) is 272 cm³/mol. The van der Waals surface area contributed by atoms with Crippen LogP contribution >= 0.6 is 0 Å². The molecule has 0 aliphatic heterocycles. The average molecular weight is 833 g/mol. The summed E-state index contributed by atoms with van der Waals surface area (Å²) in [5, 5.41) is 10.3. The largest absolute Gasteiger partial charge is 0.354 e. The Morgan fingerprint density at radius 1 is 0.531 bits per heavy atom. The monoisotopic (exact) mass is 832 g/mol. The molecule has 8 aromatic rings. The van der Waals surface area contributed by atoms with E-state index in [1.807, 2.05) is 7.05 Å². The van der Waals surface area contributed by atoms with Gasteiger partial charge in [0.2, 0.25) is 0 Å². The molecule has 64 heavy (non-hydrogen) atoms. The lowest BCUT2D eigenvalue weighted by molar-refractivity contribution is 0.328. The lowest BCUT2D eigenvalue weighted by atomic mass is 9.55. The van der Waals surface area contributed by atoms with Gasteiger partial charge in [0.25, 0.3) is 0 Å². The summed E-state index contributed by atoms with van der Waals surface area (Å²) in [5.41, 5.74) is 26.9. The standard InChI is InChI=1S/C62H60N2/c1-38-25-27-42-19-12-14-21-48(42)56(38)47-24-16-23-46(39(47)2)51-33-44-32-43-20-13-15-22-49(43)57(44)59(64-55-28-26-40(37-63-8)31-50(55)41-17-10-9-11-18-41)58(51)62(7)36-45-34-53-54(35-52(45)62)61(5,6)30-29-60(53,3)4/h9-28,31,33-35,63-64H,29-30,32,36-37H2,1-8H3. The molecular weight excluding hydrogens is 773 g/mol. The molecule has 0 amide bonds. The molecule has 3 aliphatic carbocycles. The summed E-state index contributed by atoms with van der Waals surface area (Å²) in [4.78, 5) is 0. The minimum absolute atomic E-state index is 0.109. The van der Waals surface area contributed by atoms with Crippen LogP contribution in [0.1, 0.15) is 103 Å². The van der Waals surface area contributed by atoms with E-state index in [0.717, 1.165) is 25.1 Å². The summed E-state index contributed by atoms with van der Waals surface area (Å²) >= 11 is 0. The molecule has 0 saturated carbocycles. The Balaban J connectivity index is 1.22. The van der Waals surface area contributed by atoms with E-state index < -0.39 is 0 Å². The van der Waals surface area contributed by atoms with Crippen LogP contribution in [-0.4, -0.2) is 7.05 Å². The number of hydrogen-bond acceptors (Lipinski definition) is 2. The van der Waals surface area contributed by atoms with Gasteiger partial charge in [-0.3, -0.25) is 0 Å². The van der Waals surface area contributed by atoms with Crippen molar-refractivity contribution in [1.82, 2.24) is 5.32 Å². The fourth-order valence-electron chi connectivity index (χ4n) is 12.1. The zero-order valence-electron chi connectivity index (χ0n) is 38.9. The van der Waals surface area contributed by atoms with Crippen molar-refractivity contribution in [3.05, 3.63) is 201 Å². The van der Waals surface area contributed by atoms with Gasteiger partial charge in [-0.25, -0.2) is 0 Å². The van der Waals surface area contributed by atoms with Gasteiger partial charge in [-0.05, 0) is 175 Å². The molecule has 0 heterocycles. The number of rotatable bonds is 8. The molecule has 318 valence electrons. The number of nitrogens with one attached hydrogen (secondary N) is 2. The van der Waals surface area contributed by atoms with E-state index in [0.29, 0.717) is 0 Å². The third kappa shape index (κ3) is 6.32. The van der Waals surface area contributed by atoms with Crippen molar-refractivity contribution in [3.63, 3.8) is 0 Å². The van der Waals surface area contributed by atoms with Crippen LogP contribution in [0.5, 0.6) is 0 Å². The summed E-state index contributed by atoms with van der Waals surface area (Å²) in [6.07, 6.45) is 4.31. The maximum Gasteiger partial charge on any atom is 0.0515 e. The third-order valence-corrected chi connectivity index (χ3v) is 15.7. The van der Waals surface area contributed by atoms with Crippen molar-refractivity contribution >= 4 is 22.1 Å². The number of fused-ring (bicyclic) bond motifs is 6. The van der Waals surface area contributed by atoms with E-state index in [4.69, 9.17) is 0 Å². The molecule has 0 aromatic heterocycles. The minimum Gasteiger partial charge on any atom is -0.354 e. The Hall–Kier alpha value is -6.22. The Morgan fingerprint density at radius 2 is 1.23 bits per heavy atom. The molecule has 3 aliphatic rings. The topological polar surface area (TPSA) is 24.1 Å². The first kappa shape index (κ1) is 40.5. The second-order valence-corrected chi connectivity index (χ2v) is 20.7. The van der Waals surface area contributed by atoms with Crippen LogP contribution < -0.4 is 10.6 Å². The van der Waals surface area contributed by atoms with Gasteiger partial charge >= 0.3 is 0 Å². The first-order chi connectivity index (χ1) is 30.9. The molecule has 2 N–H and O–H groups in total. The van der Waals surface area contributed by atoms with Crippen LogP contribution in [0.25, 0.3) is 55.3 Å². The Bertz CT molecular complexity index is 3180. The minimum atomic E-state index is -0.261. The van der Waals surface area contributed by atoms with Crippen LogP contribution in [0.3, 0.4) is 0 Å². The first-order valence-electron chi connectivity index (χ1n) is 23.5. The molecule has 0 spiro atoms. The summed E-state index contributed by atoms with van der Waals surface area (Å²) < 4.78 is 0.